The van der Waals surface area contributed by atoms with Crippen LogP contribution in [0, 0.1) is 12.7 Å². The molecular weight excluding hydrogens is 473 g/mol. The van der Waals surface area contributed by atoms with Gasteiger partial charge < -0.3 is 25.1 Å². The van der Waals surface area contributed by atoms with Crippen molar-refractivity contribution in [2.75, 3.05) is 20.0 Å². The van der Waals surface area contributed by atoms with Gasteiger partial charge in [-0.1, -0.05) is 23.7 Å². The summed E-state index contributed by atoms with van der Waals surface area (Å²) < 4.78 is 30.5. The first-order valence-corrected chi connectivity index (χ1v) is 11.0. The van der Waals surface area contributed by atoms with E-state index in [0.29, 0.717) is 39.8 Å². The summed E-state index contributed by atoms with van der Waals surface area (Å²) in [5, 5.41) is 11.1. The highest BCUT2D eigenvalue weighted by molar-refractivity contribution is 6.31. The van der Waals surface area contributed by atoms with Crippen LogP contribution in [0.4, 0.5) is 10.3 Å². The average Bonchev–Trinajstić information content (AvgIpc) is 2.83. The third-order valence-corrected chi connectivity index (χ3v) is 5.80. The minimum absolute atomic E-state index is 0.0654. The maximum atomic E-state index is 14.0. The van der Waals surface area contributed by atoms with Crippen molar-refractivity contribution in [3.05, 3.63) is 76.7 Å². The van der Waals surface area contributed by atoms with E-state index in [2.05, 4.69) is 9.97 Å². The number of hydrogen-bond donors (Lipinski definition) is 2. The lowest BCUT2D eigenvalue weighted by Crippen LogP contribution is -2.03. The summed E-state index contributed by atoms with van der Waals surface area (Å²) in [7, 11) is 3.11. The van der Waals surface area contributed by atoms with Crippen molar-refractivity contribution in [3.8, 4) is 45.4 Å². The van der Waals surface area contributed by atoms with Crippen LogP contribution in [0.3, 0.4) is 0 Å². The van der Waals surface area contributed by atoms with Crippen molar-refractivity contribution in [1.82, 2.24) is 9.97 Å². The number of nitrogen functional groups attached to an aromatic ring is 1. The van der Waals surface area contributed by atoms with Crippen LogP contribution in [-0.2, 0) is 6.61 Å². The summed E-state index contributed by atoms with van der Waals surface area (Å²) in [5.41, 5.74) is 9.07. The Morgan fingerprint density at radius 1 is 1.00 bits per heavy atom. The molecule has 0 atom stereocenters. The molecule has 0 amide bonds. The van der Waals surface area contributed by atoms with Gasteiger partial charge in [-0.05, 0) is 48.9 Å². The zero-order chi connectivity index (χ0) is 25.1. The van der Waals surface area contributed by atoms with E-state index in [1.54, 1.807) is 51.5 Å². The van der Waals surface area contributed by atoms with E-state index < -0.39 is 5.82 Å². The fourth-order valence-electron chi connectivity index (χ4n) is 3.75. The van der Waals surface area contributed by atoms with Gasteiger partial charge in [0.2, 0.25) is 5.95 Å². The van der Waals surface area contributed by atoms with Crippen molar-refractivity contribution in [3.63, 3.8) is 0 Å². The molecular formula is C26H23ClFN3O4. The van der Waals surface area contributed by atoms with Gasteiger partial charge in [0.25, 0.3) is 0 Å². The molecule has 3 aromatic carbocycles. The van der Waals surface area contributed by atoms with Gasteiger partial charge in [0, 0.05) is 22.8 Å². The Morgan fingerprint density at radius 2 is 1.77 bits per heavy atom. The van der Waals surface area contributed by atoms with Gasteiger partial charge in [-0.15, -0.1) is 0 Å². The molecule has 9 heteroatoms. The number of phenols is 1. The number of phenolic OH excluding ortho intramolecular Hbond substituents is 1. The van der Waals surface area contributed by atoms with Crippen LogP contribution >= 0.6 is 11.6 Å². The van der Waals surface area contributed by atoms with Crippen LogP contribution in [0.15, 0.2) is 54.6 Å². The molecule has 3 N–H and O–H groups in total. The zero-order valence-corrected chi connectivity index (χ0v) is 20.1. The Kier molecular flexibility index (Phi) is 6.93. The molecule has 4 rings (SSSR count). The molecule has 0 radical (unpaired) electrons. The lowest BCUT2D eigenvalue weighted by atomic mass is 9.97. The van der Waals surface area contributed by atoms with E-state index in [1.165, 1.54) is 18.2 Å². The standard InChI is InChI=1S/C26H23ClFN3O4/c1-14-24(15-7-10-22(33-2)23(11-15)34-3)25(31-26(29)30-14)17-9-8-16(12-21(17)32)35-13-18-19(27)5-4-6-20(18)28/h4-12,32H,13H2,1-3H3,(H2,29,30,31). The molecule has 0 spiro atoms. The Balaban J connectivity index is 1.73. The number of halogens is 2. The second-order valence-electron chi connectivity index (χ2n) is 7.63. The molecule has 0 saturated carbocycles. The second kappa shape index (κ2) is 10.1. The first-order chi connectivity index (χ1) is 16.8. The van der Waals surface area contributed by atoms with Crippen LogP contribution in [0.25, 0.3) is 22.4 Å². The van der Waals surface area contributed by atoms with E-state index in [4.69, 9.17) is 31.5 Å². The fourth-order valence-corrected chi connectivity index (χ4v) is 3.97. The summed E-state index contributed by atoms with van der Waals surface area (Å²) in [4.78, 5) is 8.71. The van der Waals surface area contributed by atoms with Crippen LogP contribution in [0.1, 0.15) is 11.3 Å². The third-order valence-electron chi connectivity index (χ3n) is 5.45. The van der Waals surface area contributed by atoms with E-state index in [0.717, 1.165) is 5.56 Å². The molecule has 0 saturated heterocycles. The van der Waals surface area contributed by atoms with Gasteiger partial charge in [0.15, 0.2) is 11.5 Å². The topological polar surface area (TPSA) is 99.7 Å². The van der Waals surface area contributed by atoms with Gasteiger partial charge in [-0.2, -0.15) is 0 Å². The molecule has 7 nitrogen and oxygen atoms in total. The van der Waals surface area contributed by atoms with Crippen molar-refractivity contribution in [2.24, 2.45) is 0 Å². The number of hydrogen-bond acceptors (Lipinski definition) is 7. The van der Waals surface area contributed by atoms with Crippen LogP contribution in [0.5, 0.6) is 23.0 Å². The number of anilines is 1. The maximum Gasteiger partial charge on any atom is 0.220 e. The van der Waals surface area contributed by atoms with Gasteiger partial charge in [0.1, 0.15) is 23.9 Å². The molecule has 0 aliphatic rings. The Bertz CT molecular complexity index is 1380. The number of benzene rings is 3. The lowest BCUT2D eigenvalue weighted by Gasteiger charge is -2.16. The largest absolute Gasteiger partial charge is 0.507 e. The number of methoxy groups -OCH3 is 2. The van der Waals surface area contributed by atoms with Gasteiger partial charge in [0.05, 0.1) is 30.6 Å². The molecule has 1 aromatic heterocycles. The van der Waals surface area contributed by atoms with Gasteiger partial charge >= 0.3 is 0 Å². The predicted molar refractivity (Wildman–Crippen MR) is 133 cm³/mol. The number of aromatic nitrogens is 2. The fraction of sp³-hybridized carbons (Fsp3) is 0.154. The highest BCUT2D eigenvalue weighted by atomic mass is 35.5. The average molecular weight is 496 g/mol. The summed E-state index contributed by atoms with van der Waals surface area (Å²) in [6, 6.07) is 14.6. The second-order valence-corrected chi connectivity index (χ2v) is 8.04. The van der Waals surface area contributed by atoms with E-state index >= 15 is 0 Å². The number of aryl methyl sites for hydroxylation is 1. The van der Waals surface area contributed by atoms with Gasteiger partial charge in [-0.25, -0.2) is 14.4 Å². The highest BCUT2D eigenvalue weighted by Crippen LogP contribution is 2.41. The Morgan fingerprint density at radius 3 is 2.46 bits per heavy atom. The molecule has 0 unspecified atom stereocenters. The molecule has 35 heavy (non-hydrogen) atoms. The number of ether oxygens (including phenoxy) is 3. The van der Waals surface area contributed by atoms with Crippen molar-refractivity contribution >= 4 is 17.5 Å². The number of rotatable bonds is 7. The number of aromatic hydroxyl groups is 1. The van der Waals surface area contributed by atoms with Crippen molar-refractivity contribution < 1.29 is 23.7 Å². The van der Waals surface area contributed by atoms with Gasteiger partial charge in [-0.3, -0.25) is 0 Å². The summed E-state index contributed by atoms with van der Waals surface area (Å²) in [5.74, 6) is 0.942. The molecule has 0 bridgehead atoms. The molecule has 0 aliphatic heterocycles. The van der Waals surface area contributed by atoms with E-state index in [9.17, 15) is 9.50 Å². The highest BCUT2D eigenvalue weighted by Gasteiger charge is 2.19. The first-order valence-electron chi connectivity index (χ1n) is 10.6. The maximum absolute atomic E-state index is 14.0. The molecule has 180 valence electrons. The predicted octanol–water partition coefficient (Wildman–Crippen LogP) is 5.80. The first kappa shape index (κ1) is 24.1. The van der Waals surface area contributed by atoms with E-state index in [-0.39, 0.29) is 28.9 Å². The summed E-state index contributed by atoms with van der Waals surface area (Å²) in [6.45, 7) is 1.71. The van der Waals surface area contributed by atoms with Crippen molar-refractivity contribution in [2.45, 2.75) is 13.5 Å². The van der Waals surface area contributed by atoms with Crippen LogP contribution in [0.2, 0.25) is 5.02 Å². The smallest absolute Gasteiger partial charge is 0.220 e. The minimum Gasteiger partial charge on any atom is -0.507 e. The normalized spacial score (nSPS) is 10.8. The molecule has 0 fully saturated rings. The SMILES string of the molecule is COc1ccc(-c2c(C)nc(N)nc2-c2ccc(OCc3c(F)cccc3Cl)cc2O)cc1OC. The molecule has 0 aliphatic carbocycles. The van der Waals surface area contributed by atoms with Crippen LogP contribution < -0.4 is 19.9 Å². The number of nitrogens with zero attached hydrogens (tertiary/aromatic N) is 2. The van der Waals surface area contributed by atoms with Crippen molar-refractivity contribution in [1.29, 1.82) is 0 Å². The monoisotopic (exact) mass is 495 g/mol. The number of nitrogens with two attached hydrogens (primary N) is 1. The molecule has 4 aromatic rings. The van der Waals surface area contributed by atoms with Crippen LogP contribution in [-0.4, -0.2) is 29.3 Å². The lowest BCUT2D eigenvalue weighted by molar-refractivity contribution is 0.298. The summed E-state index contributed by atoms with van der Waals surface area (Å²) in [6.07, 6.45) is 0. The zero-order valence-electron chi connectivity index (χ0n) is 19.3. The third kappa shape index (κ3) is 4.93. The Hall–Kier alpha value is -4.04. The summed E-state index contributed by atoms with van der Waals surface area (Å²) >= 11 is 6.07. The van der Waals surface area contributed by atoms with E-state index in [1.807, 2.05) is 6.07 Å². The minimum atomic E-state index is -0.468. The molecule has 1 heterocycles. The quantitative estimate of drug-likeness (QED) is 0.334. The Labute approximate surface area is 206 Å².